The van der Waals surface area contributed by atoms with Crippen molar-refractivity contribution in [2.75, 3.05) is 6.54 Å². The van der Waals surface area contributed by atoms with Gasteiger partial charge in [0.1, 0.15) is 0 Å². The molecular weight excluding hydrogens is 282 g/mol. The number of carbonyl (C=O) groups excluding carboxylic acids is 1. The predicted molar refractivity (Wildman–Crippen MR) is 73.7 cm³/mol. The van der Waals surface area contributed by atoms with E-state index in [2.05, 4.69) is 10.3 Å². The van der Waals surface area contributed by atoms with E-state index in [1.165, 1.54) is 11.3 Å². The van der Waals surface area contributed by atoms with E-state index in [-0.39, 0.29) is 24.6 Å². The number of carbonyl (C=O) groups is 1. The maximum absolute atomic E-state index is 11.7. The van der Waals surface area contributed by atoms with Gasteiger partial charge in [0.2, 0.25) is 5.91 Å². The van der Waals surface area contributed by atoms with Crippen molar-refractivity contribution in [2.45, 2.75) is 12.5 Å². The van der Waals surface area contributed by atoms with Crippen LogP contribution in [0.15, 0.2) is 32.5 Å². The second-order valence-corrected chi connectivity index (χ2v) is 4.95. The van der Waals surface area contributed by atoms with E-state index < -0.39 is 17.4 Å². The molecular formula is C12H13N3O4S. The van der Waals surface area contributed by atoms with Crippen LogP contribution in [0.4, 0.5) is 0 Å². The molecule has 20 heavy (non-hydrogen) atoms. The Morgan fingerprint density at radius 3 is 2.85 bits per heavy atom. The van der Waals surface area contributed by atoms with Crippen molar-refractivity contribution >= 4 is 17.2 Å². The number of aliphatic hydroxyl groups excluding tert-OH is 1. The minimum Gasteiger partial charge on any atom is -0.387 e. The highest BCUT2D eigenvalue weighted by atomic mass is 32.1. The fourth-order valence-corrected chi connectivity index (χ4v) is 2.35. The lowest BCUT2D eigenvalue weighted by atomic mass is 10.2. The molecule has 0 radical (unpaired) electrons. The number of aliphatic hydroxyl groups is 1. The molecule has 2 aromatic rings. The number of amides is 1. The molecule has 2 heterocycles. The normalized spacial score (nSPS) is 12.1. The van der Waals surface area contributed by atoms with E-state index in [1.54, 1.807) is 11.4 Å². The van der Waals surface area contributed by atoms with E-state index in [4.69, 9.17) is 0 Å². The van der Waals surface area contributed by atoms with Gasteiger partial charge < -0.3 is 15.4 Å². The van der Waals surface area contributed by atoms with Gasteiger partial charge >= 0.3 is 5.69 Å². The summed E-state index contributed by atoms with van der Waals surface area (Å²) in [5, 5.41) is 16.0. The molecule has 0 fully saturated rings. The van der Waals surface area contributed by atoms with Crippen LogP contribution in [0.5, 0.6) is 0 Å². The summed E-state index contributed by atoms with van der Waals surface area (Å²) in [6.45, 7) is 0.0724. The lowest BCUT2D eigenvalue weighted by Crippen LogP contribution is -2.31. The zero-order valence-corrected chi connectivity index (χ0v) is 11.2. The van der Waals surface area contributed by atoms with Crippen molar-refractivity contribution in [3.8, 4) is 0 Å². The Balaban J connectivity index is 1.89. The molecule has 1 amide bonds. The third kappa shape index (κ3) is 3.90. The van der Waals surface area contributed by atoms with E-state index in [1.807, 2.05) is 10.4 Å². The molecule has 0 saturated heterocycles. The maximum atomic E-state index is 11.7. The summed E-state index contributed by atoms with van der Waals surface area (Å²) >= 11 is 1.46. The van der Waals surface area contributed by atoms with Crippen LogP contribution in [0.3, 0.4) is 0 Å². The largest absolute Gasteiger partial charge is 0.387 e. The van der Waals surface area contributed by atoms with Crippen LogP contribution in [-0.2, 0) is 11.2 Å². The highest BCUT2D eigenvalue weighted by molar-refractivity contribution is 7.07. The van der Waals surface area contributed by atoms with Crippen LogP contribution >= 0.6 is 11.3 Å². The molecule has 0 aliphatic heterocycles. The van der Waals surface area contributed by atoms with Crippen LogP contribution in [0.25, 0.3) is 0 Å². The Bertz CT molecular complexity index is 661. The third-order valence-corrected chi connectivity index (χ3v) is 3.29. The molecule has 106 valence electrons. The number of rotatable bonds is 5. The number of aromatic nitrogens is 2. The smallest absolute Gasteiger partial charge is 0.325 e. The van der Waals surface area contributed by atoms with Crippen molar-refractivity contribution in [2.24, 2.45) is 0 Å². The minimum absolute atomic E-state index is 0.0724. The van der Waals surface area contributed by atoms with Gasteiger partial charge in [0.05, 0.1) is 12.5 Å². The van der Waals surface area contributed by atoms with Crippen LogP contribution in [0.1, 0.15) is 17.4 Å². The Morgan fingerprint density at radius 2 is 2.20 bits per heavy atom. The lowest BCUT2D eigenvalue weighted by Gasteiger charge is -2.10. The fraction of sp³-hybridized carbons (Fsp3) is 0.250. The molecule has 1 atom stereocenters. The first kappa shape index (κ1) is 14.2. The zero-order chi connectivity index (χ0) is 14.5. The molecule has 2 aromatic heterocycles. The van der Waals surface area contributed by atoms with Gasteiger partial charge in [-0.1, -0.05) is 0 Å². The third-order valence-electron chi connectivity index (χ3n) is 2.59. The van der Waals surface area contributed by atoms with Crippen LogP contribution in [-0.4, -0.2) is 27.5 Å². The van der Waals surface area contributed by atoms with Crippen molar-refractivity contribution < 1.29 is 9.90 Å². The Labute approximate surface area is 117 Å². The Hall–Kier alpha value is -2.19. The van der Waals surface area contributed by atoms with E-state index in [0.29, 0.717) is 0 Å². The van der Waals surface area contributed by atoms with Gasteiger partial charge in [0, 0.05) is 18.3 Å². The average molecular weight is 295 g/mol. The van der Waals surface area contributed by atoms with Gasteiger partial charge in [-0.25, -0.2) is 4.79 Å². The molecule has 1 unspecified atom stereocenters. The van der Waals surface area contributed by atoms with Gasteiger partial charge in [-0.2, -0.15) is 11.3 Å². The highest BCUT2D eigenvalue weighted by Crippen LogP contribution is 2.14. The van der Waals surface area contributed by atoms with E-state index in [0.717, 1.165) is 11.6 Å². The summed E-state index contributed by atoms with van der Waals surface area (Å²) in [6, 6.07) is 2.92. The molecule has 2 rings (SSSR count). The molecule has 0 aromatic carbocycles. The number of aromatic amines is 2. The van der Waals surface area contributed by atoms with Gasteiger partial charge in [0.15, 0.2) is 0 Å². The molecule has 7 nitrogen and oxygen atoms in total. The topological polar surface area (TPSA) is 115 Å². The second kappa shape index (κ2) is 6.31. The SMILES string of the molecule is O=C(Cc1cc(=O)[nH]c(=O)[nH]1)NCC(O)c1ccsc1. The second-order valence-electron chi connectivity index (χ2n) is 4.17. The van der Waals surface area contributed by atoms with Crippen molar-refractivity contribution in [1.82, 2.24) is 15.3 Å². The summed E-state index contributed by atoms with van der Waals surface area (Å²) in [5.74, 6) is -0.388. The average Bonchev–Trinajstić information content (AvgIpc) is 2.88. The lowest BCUT2D eigenvalue weighted by molar-refractivity contribution is -0.120. The molecule has 4 N–H and O–H groups in total. The summed E-state index contributed by atoms with van der Waals surface area (Å²) in [6.07, 6.45) is -0.904. The fourth-order valence-electron chi connectivity index (χ4n) is 1.64. The molecule has 8 heteroatoms. The van der Waals surface area contributed by atoms with E-state index >= 15 is 0 Å². The quantitative estimate of drug-likeness (QED) is 0.596. The van der Waals surface area contributed by atoms with E-state index in [9.17, 15) is 19.5 Å². The Kier molecular flexibility index (Phi) is 4.49. The van der Waals surface area contributed by atoms with Gasteiger partial charge in [-0.3, -0.25) is 14.6 Å². The predicted octanol–water partition coefficient (Wildman–Crippen LogP) is -0.483. The number of hydrogen-bond acceptors (Lipinski definition) is 5. The van der Waals surface area contributed by atoms with Crippen molar-refractivity contribution in [3.63, 3.8) is 0 Å². The summed E-state index contributed by atoms with van der Waals surface area (Å²) in [4.78, 5) is 38.1. The first-order chi connectivity index (χ1) is 9.54. The Morgan fingerprint density at radius 1 is 1.40 bits per heavy atom. The standard InChI is InChI=1S/C12H13N3O4S/c16-9(7-1-2-20-6-7)5-13-10(17)3-8-4-11(18)15-12(19)14-8/h1-2,4,6,9,16H,3,5H2,(H,13,17)(H2,14,15,18,19). The molecule has 0 aliphatic rings. The van der Waals surface area contributed by atoms with Gasteiger partial charge in [-0.05, 0) is 22.4 Å². The van der Waals surface area contributed by atoms with Gasteiger partial charge in [-0.15, -0.1) is 0 Å². The first-order valence-corrected chi connectivity index (χ1v) is 6.78. The zero-order valence-electron chi connectivity index (χ0n) is 10.4. The van der Waals surface area contributed by atoms with Gasteiger partial charge in [0.25, 0.3) is 5.56 Å². The van der Waals surface area contributed by atoms with Crippen LogP contribution in [0.2, 0.25) is 0 Å². The van der Waals surface area contributed by atoms with Crippen molar-refractivity contribution in [3.05, 3.63) is 55.0 Å². The number of H-pyrrole nitrogens is 2. The number of thiophene rings is 1. The number of nitrogens with one attached hydrogen (secondary N) is 3. The molecule has 0 aliphatic carbocycles. The summed E-state index contributed by atoms with van der Waals surface area (Å²) in [5.41, 5.74) is -0.255. The monoisotopic (exact) mass is 295 g/mol. The molecule has 0 spiro atoms. The minimum atomic E-state index is -0.775. The summed E-state index contributed by atoms with van der Waals surface area (Å²) in [7, 11) is 0. The highest BCUT2D eigenvalue weighted by Gasteiger charge is 2.10. The first-order valence-electron chi connectivity index (χ1n) is 5.84. The number of hydrogen-bond donors (Lipinski definition) is 4. The van der Waals surface area contributed by atoms with Crippen molar-refractivity contribution in [1.29, 1.82) is 0 Å². The molecule has 0 bridgehead atoms. The summed E-state index contributed by atoms with van der Waals surface area (Å²) < 4.78 is 0. The maximum Gasteiger partial charge on any atom is 0.325 e. The molecule has 0 saturated carbocycles. The van der Waals surface area contributed by atoms with Crippen LogP contribution in [0, 0.1) is 0 Å². The van der Waals surface area contributed by atoms with Crippen LogP contribution < -0.4 is 16.6 Å².